The van der Waals surface area contributed by atoms with Crippen molar-refractivity contribution in [1.82, 2.24) is 4.98 Å². The summed E-state index contributed by atoms with van der Waals surface area (Å²) in [4.78, 5) is 26.8. The summed E-state index contributed by atoms with van der Waals surface area (Å²) in [5.41, 5.74) is 4.60. The molecule has 2 rings (SSSR count). The minimum absolute atomic E-state index is 0.168. The minimum Gasteiger partial charge on any atom is -0.481 e. The maximum Gasteiger partial charge on any atom is 0.311 e. The van der Waals surface area contributed by atoms with Gasteiger partial charge in [0.05, 0.1) is 5.41 Å². The summed E-state index contributed by atoms with van der Waals surface area (Å²) in [6, 6.07) is 4.90. The average Bonchev–Trinajstić information content (AvgIpc) is 2.47. The average molecular weight is 291 g/mol. The van der Waals surface area contributed by atoms with Gasteiger partial charge in [0, 0.05) is 6.54 Å². The van der Waals surface area contributed by atoms with Crippen molar-refractivity contribution in [3.63, 3.8) is 0 Å². The quantitative estimate of drug-likeness (QED) is 0.768. The van der Waals surface area contributed by atoms with Crippen LogP contribution in [0, 0.1) is 11.3 Å². The maximum absolute atomic E-state index is 11.6. The van der Waals surface area contributed by atoms with Crippen LogP contribution in [0.25, 0.3) is 0 Å². The Labute approximate surface area is 123 Å². The Morgan fingerprint density at radius 3 is 2.67 bits per heavy atom. The van der Waals surface area contributed by atoms with E-state index in [4.69, 9.17) is 5.73 Å². The number of hydrogen-bond donors (Lipinski definition) is 3. The Hall–Kier alpha value is -2.11. The lowest BCUT2D eigenvalue weighted by atomic mass is 9.71. The zero-order chi connectivity index (χ0) is 15.5. The van der Waals surface area contributed by atoms with E-state index in [2.05, 4.69) is 17.2 Å². The van der Waals surface area contributed by atoms with Crippen molar-refractivity contribution in [3.8, 4) is 0 Å². The van der Waals surface area contributed by atoms with E-state index in [-0.39, 0.29) is 5.69 Å². The summed E-state index contributed by atoms with van der Waals surface area (Å²) in [6.45, 7) is 2.46. The third-order valence-electron chi connectivity index (χ3n) is 4.29. The van der Waals surface area contributed by atoms with E-state index >= 15 is 0 Å². The number of rotatable bonds is 5. The van der Waals surface area contributed by atoms with E-state index in [0.29, 0.717) is 31.1 Å². The van der Waals surface area contributed by atoms with Crippen LogP contribution in [0.1, 0.15) is 43.1 Å². The second-order valence-electron chi connectivity index (χ2n) is 5.89. The fourth-order valence-corrected chi connectivity index (χ4v) is 2.71. The number of primary amides is 1. The number of carboxylic acids is 1. The number of nitrogens with zero attached hydrogens (tertiary/aromatic N) is 1. The Bertz CT molecular complexity index is 537. The van der Waals surface area contributed by atoms with Crippen LogP contribution in [0.3, 0.4) is 0 Å². The molecule has 6 nitrogen and oxygen atoms in total. The Morgan fingerprint density at radius 2 is 2.10 bits per heavy atom. The highest BCUT2D eigenvalue weighted by Gasteiger charge is 2.41. The molecule has 0 unspecified atom stereocenters. The molecule has 6 heteroatoms. The molecule has 1 fully saturated rings. The molecule has 1 aromatic rings. The van der Waals surface area contributed by atoms with Gasteiger partial charge in [-0.15, -0.1) is 0 Å². The van der Waals surface area contributed by atoms with Gasteiger partial charge in [-0.05, 0) is 43.7 Å². The predicted octanol–water partition coefficient (Wildman–Crippen LogP) is 1.87. The Kier molecular flexibility index (Phi) is 4.45. The second kappa shape index (κ2) is 6.11. The number of aliphatic carboxylic acids is 1. The summed E-state index contributed by atoms with van der Waals surface area (Å²) in [7, 11) is 0. The summed E-state index contributed by atoms with van der Waals surface area (Å²) in [5.74, 6) is -0.314. The zero-order valence-corrected chi connectivity index (χ0v) is 12.1. The molecule has 0 bridgehead atoms. The monoisotopic (exact) mass is 291 g/mol. The van der Waals surface area contributed by atoms with Gasteiger partial charge in [0.15, 0.2) is 0 Å². The van der Waals surface area contributed by atoms with Crippen LogP contribution in [0.5, 0.6) is 0 Å². The van der Waals surface area contributed by atoms with Gasteiger partial charge >= 0.3 is 5.97 Å². The number of nitrogens with one attached hydrogen (secondary N) is 1. The molecule has 1 amide bonds. The molecule has 1 aromatic heterocycles. The lowest BCUT2D eigenvalue weighted by Gasteiger charge is -2.36. The SMILES string of the molecule is CC1CCC(CNc2cccc(C(N)=O)n2)(C(=O)O)CC1. The number of carbonyl (C=O) groups excluding carboxylic acids is 1. The number of hydrogen-bond acceptors (Lipinski definition) is 4. The van der Waals surface area contributed by atoms with E-state index in [0.717, 1.165) is 12.8 Å². The highest BCUT2D eigenvalue weighted by Crippen LogP contribution is 2.39. The number of aromatic nitrogens is 1. The van der Waals surface area contributed by atoms with Crippen LogP contribution < -0.4 is 11.1 Å². The molecule has 0 radical (unpaired) electrons. The van der Waals surface area contributed by atoms with Crippen LogP contribution in [0.15, 0.2) is 18.2 Å². The second-order valence-corrected chi connectivity index (χ2v) is 5.89. The topological polar surface area (TPSA) is 105 Å². The fourth-order valence-electron chi connectivity index (χ4n) is 2.71. The molecule has 21 heavy (non-hydrogen) atoms. The number of carboxylic acid groups (broad SMARTS) is 1. The van der Waals surface area contributed by atoms with Gasteiger partial charge in [-0.3, -0.25) is 9.59 Å². The van der Waals surface area contributed by atoms with E-state index in [1.807, 2.05) is 0 Å². The van der Waals surface area contributed by atoms with Gasteiger partial charge in [0.1, 0.15) is 11.5 Å². The zero-order valence-electron chi connectivity index (χ0n) is 12.1. The summed E-state index contributed by atoms with van der Waals surface area (Å²) in [6.07, 6.45) is 3.16. The number of carbonyl (C=O) groups is 2. The maximum atomic E-state index is 11.6. The lowest BCUT2D eigenvalue weighted by Crippen LogP contribution is -2.41. The van der Waals surface area contributed by atoms with Crippen LogP contribution in [0.2, 0.25) is 0 Å². The molecular weight excluding hydrogens is 270 g/mol. The van der Waals surface area contributed by atoms with Crippen molar-refractivity contribution in [2.24, 2.45) is 17.1 Å². The largest absolute Gasteiger partial charge is 0.481 e. The van der Waals surface area contributed by atoms with Gasteiger partial charge in [-0.25, -0.2) is 4.98 Å². The molecule has 0 atom stereocenters. The van der Waals surface area contributed by atoms with E-state index < -0.39 is 17.3 Å². The van der Waals surface area contributed by atoms with E-state index in [1.54, 1.807) is 12.1 Å². The van der Waals surface area contributed by atoms with Crippen molar-refractivity contribution < 1.29 is 14.7 Å². The molecule has 0 aliphatic heterocycles. The van der Waals surface area contributed by atoms with Crippen LogP contribution >= 0.6 is 0 Å². The molecule has 0 aromatic carbocycles. The number of pyridine rings is 1. The molecule has 1 saturated carbocycles. The molecule has 0 spiro atoms. The molecule has 114 valence electrons. The lowest BCUT2D eigenvalue weighted by molar-refractivity contribution is -0.150. The number of amides is 1. The Balaban J connectivity index is 2.07. The third kappa shape index (κ3) is 3.51. The highest BCUT2D eigenvalue weighted by molar-refractivity contribution is 5.91. The van der Waals surface area contributed by atoms with Crippen LogP contribution in [0.4, 0.5) is 5.82 Å². The smallest absolute Gasteiger partial charge is 0.311 e. The van der Waals surface area contributed by atoms with Gasteiger partial charge in [-0.1, -0.05) is 13.0 Å². The first kappa shape index (κ1) is 15.3. The molecule has 1 aliphatic carbocycles. The minimum atomic E-state index is -0.770. The van der Waals surface area contributed by atoms with Gasteiger partial charge in [-0.2, -0.15) is 0 Å². The fraction of sp³-hybridized carbons (Fsp3) is 0.533. The molecule has 0 saturated heterocycles. The predicted molar refractivity (Wildman–Crippen MR) is 78.9 cm³/mol. The van der Waals surface area contributed by atoms with E-state index in [9.17, 15) is 14.7 Å². The van der Waals surface area contributed by atoms with Gasteiger partial charge in [0.2, 0.25) is 0 Å². The van der Waals surface area contributed by atoms with Crippen molar-refractivity contribution in [2.45, 2.75) is 32.6 Å². The van der Waals surface area contributed by atoms with Crippen LogP contribution in [-0.2, 0) is 4.79 Å². The normalized spacial score (nSPS) is 25.3. The van der Waals surface area contributed by atoms with Crippen molar-refractivity contribution in [2.75, 3.05) is 11.9 Å². The van der Waals surface area contributed by atoms with Crippen molar-refractivity contribution in [3.05, 3.63) is 23.9 Å². The van der Waals surface area contributed by atoms with Crippen molar-refractivity contribution in [1.29, 1.82) is 0 Å². The molecule has 1 aliphatic rings. The summed E-state index contributed by atoms with van der Waals surface area (Å²) in [5, 5.41) is 12.6. The summed E-state index contributed by atoms with van der Waals surface area (Å²) < 4.78 is 0. The van der Waals surface area contributed by atoms with Crippen molar-refractivity contribution >= 4 is 17.7 Å². The van der Waals surface area contributed by atoms with Gasteiger partial charge < -0.3 is 16.2 Å². The first-order valence-corrected chi connectivity index (χ1v) is 7.17. The molecular formula is C15H21N3O3. The first-order valence-electron chi connectivity index (χ1n) is 7.17. The van der Waals surface area contributed by atoms with Gasteiger partial charge in [0.25, 0.3) is 5.91 Å². The standard InChI is InChI=1S/C15H21N3O3/c1-10-5-7-15(8-6-10,14(20)21)9-17-12-4-2-3-11(18-12)13(16)19/h2-4,10H,5-9H2,1H3,(H2,16,19)(H,17,18)(H,20,21). The molecule has 4 N–H and O–H groups in total. The first-order chi connectivity index (χ1) is 9.93. The van der Waals surface area contributed by atoms with E-state index in [1.165, 1.54) is 6.07 Å². The summed E-state index contributed by atoms with van der Waals surface area (Å²) >= 11 is 0. The molecule has 1 heterocycles. The Morgan fingerprint density at radius 1 is 1.43 bits per heavy atom. The van der Waals surface area contributed by atoms with Crippen LogP contribution in [-0.4, -0.2) is 28.5 Å². The highest BCUT2D eigenvalue weighted by atomic mass is 16.4. The number of anilines is 1. The number of nitrogens with two attached hydrogens (primary N) is 1. The third-order valence-corrected chi connectivity index (χ3v) is 4.29.